The Morgan fingerprint density at radius 3 is 3.24 bits per heavy atom. The van der Waals surface area contributed by atoms with Gasteiger partial charge in [-0.3, -0.25) is 9.69 Å². The quantitative estimate of drug-likeness (QED) is 0.813. The van der Waals surface area contributed by atoms with Crippen LogP contribution in [0.3, 0.4) is 0 Å². The van der Waals surface area contributed by atoms with Crippen molar-refractivity contribution >= 4 is 23.2 Å². The predicted molar refractivity (Wildman–Crippen MR) is 81.8 cm³/mol. The number of rotatable bonds is 1. The summed E-state index contributed by atoms with van der Waals surface area (Å²) in [6.07, 6.45) is 5.92. The summed E-state index contributed by atoms with van der Waals surface area (Å²) in [5.41, 5.74) is 1.38. The minimum atomic E-state index is 0.0796. The molecule has 1 unspecified atom stereocenters. The largest absolute Gasteiger partial charge is 0.276 e. The fourth-order valence-electron chi connectivity index (χ4n) is 3.24. The van der Waals surface area contributed by atoms with E-state index in [9.17, 15) is 4.79 Å². The molecule has 1 aliphatic heterocycles. The van der Waals surface area contributed by atoms with E-state index in [1.165, 1.54) is 23.2 Å². The van der Waals surface area contributed by atoms with Crippen molar-refractivity contribution in [2.75, 3.05) is 11.4 Å². The lowest BCUT2D eigenvalue weighted by Gasteiger charge is -2.25. The highest BCUT2D eigenvalue weighted by atomic mass is 32.1. The zero-order chi connectivity index (χ0) is 14.4. The molecule has 0 saturated heterocycles. The second-order valence-corrected chi connectivity index (χ2v) is 7.14. The second-order valence-electron chi connectivity index (χ2n) is 6.00. The monoisotopic (exact) mass is 302 g/mol. The van der Waals surface area contributed by atoms with Crippen molar-refractivity contribution in [1.29, 1.82) is 0 Å². The van der Waals surface area contributed by atoms with E-state index in [2.05, 4.69) is 23.1 Å². The highest BCUT2D eigenvalue weighted by molar-refractivity contribution is 7.14. The van der Waals surface area contributed by atoms with Crippen LogP contribution in [0.25, 0.3) is 0 Å². The topological polar surface area (TPSA) is 51.0 Å². The van der Waals surface area contributed by atoms with Gasteiger partial charge in [-0.2, -0.15) is 10.1 Å². The van der Waals surface area contributed by atoms with Crippen LogP contribution in [0.1, 0.15) is 39.9 Å². The van der Waals surface area contributed by atoms with Crippen molar-refractivity contribution in [3.8, 4) is 0 Å². The van der Waals surface area contributed by atoms with E-state index in [0.717, 1.165) is 43.1 Å². The molecule has 0 N–H and O–H groups in total. The summed E-state index contributed by atoms with van der Waals surface area (Å²) in [5.74, 6) is 1.50. The standard InChI is InChI=1S/C15H18N4OS/c1-10-3-4-12-11(7-10)8-13(21-12)14(20)18-5-2-6-19-15(18)16-9-17-19/h8-10H,2-7H2,1H3. The van der Waals surface area contributed by atoms with Crippen LogP contribution >= 0.6 is 11.3 Å². The average molecular weight is 302 g/mol. The molecule has 0 spiro atoms. The van der Waals surface area contributed by atoms with Gasteiger partial charge in [0, 0.05) is 18.0 Å². The fraction of sp³-hybridized carbons (Fsp3) is 0.533. The van der Waals surface area contributed by atoms with Gasteiger partial charge < -0.3 is 0 Å². The normalized spacial score (nSPS) is 21.0. The fourth-order valence-corrected chi connectivity index (χ4v) is 4.40. The van der Waals surface area contributed by atoms with E-state index >= 15 is 0 Å². The Kier molecular flexibility index (Phi) is 3.06. The van der Waals surface area contributed by atoms with Gasteiger partial charge in [0.15, 0.2) is 0 Å². The number of nitrogens with zero attached hydrogens (tertiary/aromatic N) is 4. The van der Waals surface area contributed by atoms with E-state index in [-0.39, 0.29) is 5.91 Å². The average Bonchev–Trinajstić information content (AvgIpc) is 3.11. The Morgan fingerprint density at radius 2 is 2.33 bits per heavy atom. The van der Waals surface area contributed by atoms with Crippen LogP contribution in [0.4, 0.5) is 5.95 Å². The van der Waals surface area contributed by atoms with Crippen molar-refractivity contribution in [1.82, 2.24) is 14.8 Å². The summed E-state index contributed by atoms with van der Waals surface area (Å²) in [4.78, 5) is 21.1. The lowest BCUT2D eigenvalue weighted by atomic mass is 9.90. The lowest BCUT2D eigenvalue weighted by Crippen LogP contribution is -2.37. The van der Waals surface area contributed by atoms with E-state index in [0.29, 0.717) is 5.95 Å². The maximum Gasteiger partial charge on any atom is 0.270 e. The van der Waals surface area contributed by atoms with Crippen LogP contribution in [-0.2, 0) is 19.4 Å². The molecule has 5 nitrogen and oxygen atoms in total. The Hall–Kier alpha value is -1.69. The van der Waals surface area contributed by atoms with Crippen molar-refractivity contribution in [3.05, 3.63) is 27.7 Å². The molecule has 1 amide bonds. The molecular weight excluding hydrogens is 284 g/mol. The molecule has 0 aromatic carbocycles. The summed E-state index contributed by atoms with van der Waals surface area (Å²) in [5, 5.41) is 4.17. The number of anilines is 1. The molecule has 0 saturated carbocycles. The predicted octanol–water partition coefficient (Wildman–Crippen LogP) is 2.51. The molecule has 2 aromatic rings. The number of carbonyl (C=O) groups excluding carboxylic acids is 1. The number of fused-ring (bicyclic) bond motifs is 2. The SMILES string of the molecule is CC1CCc2sc(C(=O)N3CCCn4ncnc43)cc2C1. The first-order valence-electron chi connectivity index (χ1n) is 7.53. The molecule has 0 fully saturated rings. The molecule has 2 aromatic heterocycles. The molecule has 1 aliphatic carbocycles. The molecule has 4 rings (SSSR count). The molecule has 3 heterocycles. The third kappa shape index (κ3) is 2.18. The van der Waals surface area contributed by atoms with E-state index in [1.807, 2.05) is 4.68 Å². The summed E-state index contributed by atoms with van der Waals surface area (Å²) >= 11 is 1.67. The highest BCUT2D eigenvalue weighted by Gasteiger charge is 2.28. The van der Waals surface area contributed by atoms with Crippen molar-refractivity contribution < 1.29 is 4.79 Å². The van der Waals surface area contributed by atoms with Crippen molar-refractivity contribution in [3.63, 3.8) is 0 Å². The number of aryl methyl sites for hydroxylation is 2. The highest BCUT2D eigenvalue weighted by Crippen LogP contribution is 2.33. The Balaban J connectivity index is 1.65. The van der Waals surface area contributed by atoms with Crippen LogP contribution < -0.4 is 4.90 Å². The van der Waals surface area contributed by atoms with Gasteiger partial charge in [0.05, 0.1) is 4.88 Å². The third-order valence-corrected chi connectivity index (χ3v) is 5.60. The number of aromatic nitrogens is 3. The molecule has 21 heavy (non-hydrogen) atoms. The smallest absolute Gasteiger partial charge is 0.270 e. The van der Waals surface area contributed by atoms with Crippen molar-refractivity contribution in [2.45, 2.75) is 39.2 Å². The Morgan fingerprint density at radius 1 is 1.43 bits per heavy atom. The molecule has 6 heteroatoms. The zero-order valence-electron chi connectivity index (χ0n) is 12.1. The summed E-state index contributed by atoms with van der Waals surface area (Å²) in [7, 11) is 0. The zero-order valence-corrected chi connectivity index (χ0v) is 12.9. The van der Waals surface area contributed by atoms with Crippen LogP contribution in [0.2, 0.25) is 0 Å². The van der Waals surface area contributed by atoms with Gasteiger partial charge >= 0.3 is 0 Å². The molecular formula is C15H18N4OS. The minimum Gasteiger partial charge on any atom is -0.276 e. The summed E-state index contributed by atoms with van der Waals surface area (Å²) in [6.45, 7) is 3.86. The minimum absolute atomic E-state index is 0.0796. The molecule has 1 atom stereocenters. The van der Waals surface area contributed by atoms with Crippen LogP contribution in [-0.4, -0.2) is 27.2 Å². The first kappa shape index (κ1) is 13.0. The van der Waals surface area contributed by atoms with E-state index < -0.39 is 0 Å². The number of thiophene rings is 1. The number of carbonyl (C=O) groups is 1. The number of amides is 1. The van der Waals surface area contributed by atoms with Crippen LogP contribution in [0.15, 0.2) is 12.4 Å². The summed E-state index contributed by atoms with van der Waals surface area (Å²) in [6, 6.07) is 2.10. The van der Waals surface area contributed by atoms with Gasteiger partial charge in [-0.15, -0.1) is 11.3 Å². The first-order chi connectivity index (χ1) is 10.2. The van der Waals surface area contributed by atoms with Gasteiger partial charge in [-0.1, -0.05) is 6.92 Å². The molecule has 2 aliphatic rings. The number of hydrogen-bond acceptors (Lipinski definition) is 4. The van der Waals surface area contributed by atoms with E-state index in [4.69, 9.17) is 0 Å². The maximum atomic E-state index is 12.8. The van der Waals surface area contributed by atoms with Gasteiger partial charge in [0.1, 0.15) is 6.33 Å². The summed E-state index contributed by atoms with van der Waals surface area (Å²) < 4.78 is 1.82. The Bertz CT molecular complexity index is 690. The molecule has 0 radical (unpaired) electrons. The van der Waals surface area contributed by atoms with Gasteiger partial charge in [0.2, 0.25) is 5.95 Å². The van der Waals surface area contributed by atoms with Crippen LogP contribution in [0.5, 0.6) is 0 Å². The molecule has 110 valence electrons. The molecule has 0 bridgehead atoms. The second kappa shape index (κ2) is 4.94. The van der Waals surface area contributed by atoms with Gasteiger partial charge in [0.25, 0.3) is 5.91 Å². The first-order valence-corrected chi connectivity index (χ1v) is 8.35. The maximum absolute atomic E-state index is 12.8. The number of hydrogen-bond donors (Lipinski definition) is 0. The lowest BCUT2D eigenvalue weighted by molar-refractivity contribution is 0.0984. The van der Waals surface area contributed by atoms with Crippen molar-refractivity contribution in [2.24, 2.45) is 5.92 Å². The van der Waals surface area contributed by atoms with E-state index in [1.54, 1.807) is 16.2 Å². The van der Waals surface area contributed by atoms with Gasteiger partial charge in [-0.05, 0) is 43.2 Å². The van der Waals surface area contributed by atoms with Crippen LogP contribution in [0, 0.1) is 5.92 Å². The third-order valence-electron chi connectivity index (χ3n) is 4.37. The Labute approximate surface area is 127 Å². The van der Waals surface area contributed by atoms with Gasteiger partial charge in [-0.25, -0.2) is 4.68 Å².